The molecule has 0 atom stereocenters. The molecule has 19 heavy (non-hydrogen) atoms. The van der Waals surface area contributed by atoms with Crippen molar-refractivity contribution in [1.29, 1.82) is 0 Å². The van der Waals surface area contributed by atoms with Crippen molar-refractivity contribution in [3.63, 3.8) is 0 Å². The second-order valence-corrected chi connectivity index (χ2v) is 4.66. The molecule has 6 heteroatoms. The number of hydrazone groups is 1. The van der Waals surface area contributed by atoms with E-state index in [0.717, 1.165) is 12.8 Å². The largest absolute Gasteiger partial charge is 0.395 e. The van der Waals surface area contributed by atoms with E-state index in [2.05, 4.69) is 5.10 Å². The van der Waals surface area contributed by atoms with Gasteiger partial charge in [-0.15, -0.1) is 0 Å². The third-order valence-corrected chi connectivity index (χ3v) is 3.44. The lowest BCUT2D eigenvalue weighted by Gasteiger charge is -2.31. The van der Waals surface area contributed by atoms with Gasteiger partial charge in [0.15, 0.2) is 0 Å². The fourth-order valence-corrected chi connectivity index (χ4v) is 2.28. The molecule has 1 aliphatic rings. The molecule has 6 nitrogen and oxygen atoms in total. The van der Waals surface area contributed by atoms with E-state index >= 15 is 0 Å². The van der Waals surface area contributed by atoms with Crippen molar-refractivity contribution in [3.8, 4) is 0 Å². The molecular weight excluding hydrogens is 246 g/mol. The number of amides is 2. The molecular formula is C13H23N3O3. The smallest absolute Gasteiger partial charge is 0.270 e. The molecule has 0 aromatic rings. The van der Waals surface area contributed by atoms with Crippen LogP contribution in [0.3, 0.4) is 0 Å². The minimum atomic E-state index is -0.165. The van der Waals surface area contributed by atoms with Crippen molar-refractivity contribution in [2.75, 3.05) is 20.2 Å². The Morgan fingerprint density at radius 2 is 2.05 bits per heavy atom. The summed E-state index contributed by atoms with van der Waals surface area (Å²) in [6.45, 7) is 4.28. The Hall–Kier alpha value is -1.43. The molecule has 0 aliphatic carbocycles. The first-order valence-corrected chi connectivity index (χ1v) is 6.80. The van der Waals surface area contributed by atoms with Crippen LogP contribution < -0.4 is 0 Å². The second kappa shape index (κ2) is 7.23. The normalized spacial score (nSPS) is 15.7. The van der Waals surface area contributed by atoms with E-state index in [1.807, 2.05) is 13.8 Å². The van der Waals surface area contributed by atoms with Gasteiger partial charge in [-0.25, -0.2) is 5.01 Å². The molecule has 0 fully saturated rings. The number of carbonyl (C=O) groups is 2. The van der Waals surface area contributed by atoms with Gasteiger partial charge < -0.3 is 10.0 Å². The Bertz CT molecular complexity index is 364. The van der Waals surface area contributed by atoms with Gasteiger partial charge in [0.2, 0.25) is 5.91 Å². The van der Waals surface area contributed by atoms with Gasteiger partial charge in [-0.1, -0.05) is 13.8 Å². The molecule has 0 spiro atoms. The lowest BCUT2D eigenvalue weighted by molar-refractivity contribution is -0.131. The summed E-state index contributed by atoms with van der Waals surface area (Å²) in [7, 11) is 1.56. The first-order valence-electron chi connectivity index (χ1n) is 6.80. The third-order valence-electron chi connectivity index (χ3n) is 3.44. The first kappa shape index (κ1) is 15.6. The average molecular weight is 269 g/mol. The van der Waals surface area contributed by atoms with E-state index < -0.39 is 0 Å². The van der Waals surface area contributed by atoms with Gasteiger partial charge in [-0.05, 0) is 12.8 Å². The molecule has 0 aromatic carbocycles. The van der Waals surface area contributed by atoms with Crippen LogP contribution in [0.15, 0.2) is 5.10 Å². The van der Waals surface area contributed by atoms with Crippen molar-refractivity contribution in [2.45, 2.75) is 45.6 Å². The second-order valence-electron chi connectivity index (χ2n) is 4.66. The predicted octanol–water partition coefficient (Wildman–Crippen LogP) is 0.604. The van der Waals surface area contributed by atoms with Crippen LogP contribution in [-0.4, -0.2) is 58.8 Å². The molecule has 0 aromatic heterocycles. The van der Waals surface area contributed by atoms with Gasteiger partial charge in [0.1, 0.15) is 5.71 Å². The summed E-state index contributed by atoms with van der Waals surface area (Å²) in [4.78, 5) is 25.5. The minimum absolute atomic E-state index is 0.0652. The van der Waals surface area contributed by atoms with E-state index in [4.69, 9.17) is 5.11 Å². The van der Waals surface area contributed by atoms with Crippen LogP contribution in [0, 0.1) is 0 Å². The van der Waals surface area contributed by atoms with Gasteiger partial charge in [0, 0.05) is 32.5 Å². The number of hydrogen-bond donors (Lipinski definition) is 1. The van der Waals surface area contributed by atoms with Crippen LogP contribution >= 0.6 is 0 Å². The maximum absolute atomic E-state index is 12.4. The third kappa shape index (κ3) is 3.76. The van der Waals surface area contributed by atoms with Crippen LogP contribution in [0.2, 0.25) is 0 Å². The summed E-state index contributed by atoms with van der Waals surface area (Å²) in [5.41, 5.74) is 0.405. The van der Waals surface area contributed by atoms with Crippen LogP contribution in [0.4, 0.5) is 0 Å². The molecule has 1 heterocycles. The molecule has 2 amide bonds. The number of hydrogen-bond acceptors (Lipinski definition) is 4. The van der Waals surface area contributed by atoms with Gasteiger partial charge in [0.05, 0.1) is 6.61 Å². The SMILES string of the molecule is CCC(CC)N(CCO)C(=O)C1=NN(C)C(=O)CC1. The zero-order valence-electron chi connectivity index (χ0n) is 11.9. The molecule has 0 radical (unpaired) electrons. The molecule has 1 aliphatic heterocycles. The number of aliphatic hydroxyl groups excluding tert-OH is 1. The van der Waals surface area contributed by atoms with Gasteiger partial charge in [-0.3, -0.25) is 9.59 Å². The van der Waals surface area contributed by atoms with Crippen molar-refractivity contribution in [3.05, 3.63) is 0 Å². The molecule has 0 bridgehead atoms. The highest BCUT2D eigenvalue weighted by molar-refractivity contribution is 6.39. The van der Waals surface area contributed by atoms with E-state index in [1.54, 1.807) is 11.9 Å². The van der Waals surface area contributed by atoms with E-state index in [1.165, 1.54) is 5.01 Å². The summed E-state index contributed by atoms with van der Waals surface area (Å²) in [6, 6.07) is 0.102. The average Bonchev–Trinajstić information content (AvgIpc) is 2.41. The Labute approximate surface area is 114 Å². The molecule has 108 valence electrons. The molecule has 0 unspecified atom stereocenters. The zero-order valence-corrected chi connectivity index (χ0v) is 11.9. The lowest BCUT2D eigenvalue weighted by atomic mass is 10.1. The Morgan fingerprint density at radius 1 is 1.42 bits per heavy atom. The first-order chi connectivity index (χ1) is 9.04. The highest BCUT2D eigenvalue weighted by Gasteiger charge is 2.28. The monoisotopic (exact) mass is 269 g/mol. The fraction of sp³-hybridized carbons (Fsp3) is 0.769. The Morgan fingerprint density at radius 3 is 2.53 bits per heavy atom. The summed E-state index contributed by atoms with van der Waals surface area (Å²) in [6.07, 6.45) is 2.37. The maximum Gasteiger partial charge on any atom is 0.270 e. The number of aliphatic hydroxyl groups is 1. The fourth-order valence-electron chi connectivity index (χ4n) is 2.28. The molecule has 1 rings (SSSR count). The number of rotatable bonds is 6. The highest BCUT2D eigenvalue weighted by atomic mass is 16.3. The molecule has 0 saturated heterocycles. The lowest BCUT2D eigenvalue weighted by Crippen LogP contribution is -2.46. The van der Waals surface area contributed by atoms with Crippen molar-refractivity contribution in [2.24, 2.45) is 5.10 Å². The Balaban J connectivity index is 2.87. The number of carbonyl (C=O) groups excluding carboxylic acids is 2. The van der Waals surface area contributed by atoms with Crippen molar-refractivity contribution in [1.82, 2.24) is 9.91 Å². The zero-order chi connectivity index (χ0) is 14.4. The predicted molar refractivity (Wildman–Crippen MR) is 72.6 cm³/mol. The minimum Gasteiger partial charge on any atom is -0.395 e. The standard InChI is InChI=1S/C13H23N3O3/c1-4-10(5-2)16(8-9-17)13(19)11-6-7-12(18)15(3)14-11/h10,17H,4-9H2,1-3H3. The quantitative estimate of drug-likeness (QED) is 0.767. The van der Waals surface area contributed by atoms with Gasteiger partial charge >= 0.3 is 0 Å². The van der Waals surface area contributed by atoms with E-state index in [-0.39, 0.29) is 24.5 Å². The maximum atomic E-state index is 12.4. The van der Waals surface area contributed by atoms with Crippen LogP contribution in [0.25, 0.3) is 0 Å². The van der Waals surface area contributed by atoms with E-state index in [9.17, 15) is 9.59 Å². The highest BCUT2D eigenvalue weighted by Crippen LogP contribution is 2.14. The topological polar surface area (TPSA) is 73.2 Å². The van der Waals surface area contributed by atoms with Crippen LogP contribution in [0.1, 0.15) is 39.5 Å². The van der Waals surface area contributed by atoms with Crippen molar-refractivity contribution < 1.29 is 14.7 Å². The summed E-state index contributed by atoms with van der Waals surface area (Å²) < 4.78 is 0. The van der Waals surface area contributed by atoms with E-state index in [0.29, 0.717) is 25.1 Å². The molecule has 0 saturated carbocycles. The molecule has 1 N–H and O–H groups in total. The van der Waals surface area contributed by atoms with Crippen LogP contribution in [-0.2, 0) is 9.59 Å². The van der Waals surface area contributed by atoms with Crippen LogP contribution in [0.5, 0.6) is 0 Å². The summed E-state index contributed by atoms with van der Waals surface area (Å²) in [5, 5.41) is 14.4. The summed E-state index contributed by atoms with van der Waals surface area (Å²) >= 11 is 0. The van der Waals surface area contributed by atoms with Crippen molar-refractivity contribution >= 4 is 17.5 Å². The van der Waals surface area contributed by atoms with Gasteiger partial charge in [0.25, 0.3) is 5.91 Å². The summed E-state index contributed by atoms with van der Waals surface area (Å²) in [5.74, 6) is -0.241. The van der Waals surface area contributed by atoms with Gasteiger partial charge in [-0.2, -0.15) is 5.10 Å². The Kier molecular flexibility index (Phi) is 5.95. The number of nitrogens with zero attached hydrogens (tertiary/aromatic N) is 3.